The van der Waals surface area contributed by atoms with Crippen LogP contribution >= 0.6 is 0 Å². The highest BCUT2D eigenvalue weighted by molar-refractivity contribution is 6.52. The topological polar surface area (TPSA) is 58.1 Å². The minimum Gasteiger partial charge on any atom is -0.342 e. The Morgan fingerprint density at radius 3 is 2.03 bits per heavy atom. The smallest absolute Gasteiger partial charge is 0.223 e. The van der Waals surface area contributed by atoms with E-state index in [9.17, 15) is 10.1 Å². The molecule has 4 aromatic rings. The van der Waals surface area contributed by atoms with Gasteiger partial charge in [0.15, 0.2) is 5.71 Å². The Kier molecular flexibility index (Phi) is 7.18. The molecule has 4 heteroatoms. The quantitative estimate of drug-likeness (QED) is 0.206. The van der Waals surface area contributed by atoms with Crippen molar-refractivity contribution in [2.45, 2.75) is 65.5 Å². The molecule has 4 nitrogen and oxygen atoms in total. The summed E-state index contributed by atoms with van der Waals surface area (Å²) in [6, 6.07) is 26.6. The zero-order valence-corrected chi connectivity index (χ0v) is 22.7. The molecule has 1 heterocycles. The van der Waals surface area contributed by atoms with Gasteiger partial charge in [0.2, 0.25) is 5.78 Å². The van der Waals surface area contributed by atoms with Crippen LogP contribution in [0, 0.1) is 11.3 Å². The SMILES string of the molecule is CC(C)(C)c1cc(CN=C(C#N)C(=O)c2cn(Cc3ccccc3)c3ccccc23)cc(C(C)(C)C)c1. The van der Waals surface area contributed by atoms with Crippen molar-refractivity contribution >= 4 is 22.4 Å². The van der Waals surface area contributed by atoms with Gasteiger partial charge in [-0.3, -0.25) is 9.79 Å². The van der Waals surface area contributed by atoms with E-state index in [-0.39, 0.29) is 28.9 Å². The van der Waals surface area contributed by atoms with E-state index in [1.54, 1.807) is 0 Å². The molecular weight excluding hydrogens is 454 g/mol. The number of nitrogens with zero attached hydrogens (tertiary/aromatic N) is 3. The van der Waals surface area contributed by atoms with Gasteiger partial charge in [-0.2, -0.15) is 5.26 Å². The molecule has 37 heavy (non-hydrogen) atoms. The number of fused-ring (bicyclic) bond motifs is 1. The number of aromatic nitrogens is 1. The third kappa shape index (κ3) is 5.89. The number of ketones is 1. The molecule has 0 N–H and O–H groups in total. The van der Waals surface area contributed by atoms with Gasteiger partial charge < -0.3 is 4.57 Å². The van der Waals surface area contributed by atoms with E-state index in [4.69, 9.17) is 0 Å². The van der Waals surface area contributed by atoms with E-state index in [1.165, 1.54) is 11.1 Å². The molecule has 0 unspecified atom stereocenters. The molecule has 0 spiro atoms. The maximum absolute atomic E-state index is 13.6. The highest BCUT2D eigenvalue weighted by Gasteiger charge is 2.22. The first-order valence-electron chi connectivity index (χ1n) is 12.7. The van der Waals surface area contributed by atoms with Gasteiger partial charge in [0.05, 0.1) is 12.1 Å². The number of hydrogen-bond acceptors (Lipinski definition) is 3. The normalized spacial score (nSPS) is 12.5. The number of carbonyl (C=O) groups is 1. The van der Waals surface area contributed by atoms with Crippen molar-refractivity contribution in [3.05, 3.63) is 107 Å². The predicted octanol–water partition coefficient (Wildman–Crippen LogP) is 7.63. The molecule has 0 saturated carbocycles. The van der Waals surface area contributed by atoms with Crippen LogP contribution in [0.15, 0.2) is 84.0 Å². The number of carbonyl (C=O) groups excluding carboxylic acids is 1. The fourth-order valence-electron chi connectivity index (χ4n) is 4.44. The minimum atomic E-state index is -0.339. The summed E-state index contributed by atoms with van der Waals surface area (Å²) in [5.41, 5.74) is 5.95. The zero-order valence-electron chi connectivity index (χ0n) is 22.7. The van der Waals surface area contributed by atoms with Crippen molar-refractivity contribution in [2.75, 3.05) is 0 Å². The largest absolute Gasteiger partial charge is 0.342 e. The van der Waals surface area contributed by atoms with Crippen LogP contribution in [-0.4, -0.2) is 16.1 Å². The van der Waals surface area contributed by atoms with Crippen LogP contribution in [0.2, 0.25) is 0 Å². The third-order valence-electron chi connectivity index (χ3n) is 6.69. The Balaban J connectivity index is 1.69. The molecule has 0 aliphatic heterocycles. The average Bonchev–Trinajstić information content (AvgIpc) is 3.22. The zero-order chi connectivity index (χ0) is 26.8. The first kappa shape index (κ1) is 26.1. The summed E-state index contributed by atoms with van der Waals surface area (Å²) < 4.78 is 2.06. The molecule has 0 amide bonds. The maximum atomic E-state index is 13.6. The lowest BCUT2D eigenvalue weighted by Gasteiger charge is -2.26. The van der Waals surface area contributed by atoms with E-state index < -0.39 is 0 Å². The highest BCUT2D eigenvalue weighted by Crippen LogP contribution is 2.31. The number of rotatable bonds is 6. The van der Waals surface area contributed by atoms with Gasteiger partial charge in [0.1, 0.15) is 6.07 Å². The number of para-hydroxylation sites is 1. The Labute approximate surface area is 220 Å². The number of hydrogen-bond donors (Lipinski definition) is 0. The molecule has 0 bridgehead atoms. The van der Waals surface area contributed by atoms with Crippen molar-refractivity contribution in [1.82, 2.24) is 4.57 Å². The second-order valence-corrected chi connectivity index (χ2v) is 11.7. The van der Waals surface area contributed by atoms with Crippen molar-refractivity contribution in [3.63, 3.8) is 0 Å². The van der Waals surface area contributed by atoms with Gasteiger partial charge in [0, 0.05) is 23.6 Å². The number of nitriles is 1. The van der Waals surface area contributed by atoms with E-state index >= 15 is 0 Å². The lowest BCUT2D eigenvalue weighted by atomic mass is 9.79. The number of aliphatic imine (C=N–C) groups is 1. The summed E-state index contributed by atoms with van der Waals surface area (Å²) in [6.07, 6.45) is 1.85. The highest BCUT2D eigenvalue weighted by atomic mass is 16.1. The Bertz CT molecular complexity index is 1470. The standard InChI is InChI=1S/C33H35N3O/c1-32(2,3)25-16-24(17-26(18-25)33(4,5)6)20-35-29(19-34)31(37)28-22-36(21-23-12-8-7-9-13-23)30-15-11-10-14-27(28)30/h7-18,22H,20-21H2,1-6H3. The second-order valence-electron chi connectivity index (χ2n) is 11.7. The van der Waals surface area contributed by atoms with Gasteiger partial charge in [-0.1, -0.05) is 108 Å². The molecule has 0 atom stereocenters. The lowest BCUT2D eigenvalue weighted by Crippen LogP contribution is -2.17. The van der Waals surface area contributed by atoms with Crippen molar-refractivity contribution in [2.24, 2.45) is 4.99 Å². The third-order valence-corrected chi connectivity index (χ3v) is 6.69. The number of Topliss-reactive ketones (excluding diaryl/α,β-unsaturated/α-hetero) is 1. The van der Waals surface area contributed by atoms with Crippen molar-refractivity contribution in [3.8, 4) is 6.07 Å². The monoisotopic (exact) mass is 489 g/mol. The van der Waals surface area contributed by atoms with Gasteiger partial charge >= 0.3 is 0 Å². The van der Waals surface area contributed by atoms with Crippen LogP contribution in [0.1, 0.15) is 74.2 Å². The Morgan fingerprint density at radius 2 is 1.43 bits per heavy atom. The van der Waals surface area contributed by atoms with Crippen LogP contribution < -0.4 is 0 Å². The van der Waals surface area contributed by atoms with E-state index in [1.807, 2.05) is 48.7 Å². The Hall–Kier alpha value is -3.97. The molecule has 0 aliphatic carbocycles. The van der Waals surface area contributed by atoms with Crippen LogP contribution in [0.5, 0.6) is 0 Å². The Morgan fingerprint density at radius 1 is 0.838 bits per heavy atom. The summed E-state index contributed by atoms with van der Waals surface area (Å²) in [5.74, 6) is -0.339. The van der Waals surface area contributed by atoms with Crippen molar-refractivity contribution < 1.29 is 4.79 Å². The van der Waals surface area contributed by atoms with Gasteiger partial charge in [0.25, 0.3) is 0 Å². The predicted molar refractivity (Wildman–Crippen MR) is 152 cm³/mol. The van der Waals surface area contributed by atoms with Gasteiger partial charge in [-0.25, -0.2) is 0 Å². The first-order chi connectivity index (χ1) is 17.5. The van der Waals surface area contributed by atoms with E-state index in [0.717, 1.165) is 22.0 Å². The minimum absolute atomic E-state index is 0.0197. The van der Waals surface area contributed by atoms with Crippen molar-refractivity contribution in [1.29, 1.82) is 5.26 Å². The molecule has 3 aromatic carbocycles. The van der Waals surface area contributed by atoms with Crippen LogP contribution in [0.4, 0.5) is 0 Å². The molecule has 1 aromatic heterocycles. The summed E-state index contributed by atoms with van der Waals surface area (Å²) >= 11 is 0. The average molecular weight is 490 g/mol. The molecule has 0 radical (unpaired) electrons. The molecule has 4 rings (SSSR count). The second kappa shape index (κ2) is 10.2. The first-order valence-corrected chi connectivity index (χ1v) is 12.7. The summed E-state index contributed by atoms with van der Waals surface area (Å²) in [6.45, 7) is 14.1. The molecule has 188 valence electrons. The molecule has 0 fully saturated rings. The molecule has 0 aliphatic rings. The molecular formula is C33H35N3O. The maximum Gasteiger partial charge on any atom is 0.223 e. The summed E-state index contributed by atoms with van der Waals surface area (Å²) in [4.78, 5) is 18.1. The van der Waals surface area contributed by atoms with E-state index in [0.29, 0.717) is 12.1 Å². The van der Waals surface area contributed by atoms with Gasteiger partial charge in [-0.05, 0) is 39.2 Å². The summed E-state index contributed by atoms with van der Waals surface area (Å²) in [5, 5.41) is 10.7. The van der Waals surface area contributed by atoms with Crippen LogP contribution in [-0.2, 0) is 23.9 Å². The fraction of sp³-hybridized carbons (Fsp3) is 0.303. The van der Waals surface area contributed by atoms with Crippen LogP contribution in [0.25, 0.3) is 10.9 Å². The fourth-order valence-corrected chi connectivity index (χ4v) is 4.44. The van der Waals surface area contributed by atoms with Gasteiger partial charge in [-0.15, -0.1) is 0 Å². The van der Waals surface area contributed by atoms with Crippen LogP contribution in [0.3, 0.4) is 0 Å². The molecule has 0 saturated heterocycles. The number of benzene rings is 3. The van der Waals surface area contributed by atoms with E-state index in [2.05, 4.69) is 87.5 Å². The summed E-state index contributed by atoms with van der Waals surface area (Å²) in [7, 11) is 0. The lowest BCUT2D eigenvalue weighted by molar-refractivity contribution is 0.106.